The fraction of sp³-hybridized carbons (Fsp3) is 0.778. The molecule has 1 aliphatic carbocycles. The Hall–Kier alpha value is -0.910. The fourth-order valence-electron chi connectivity index (χ4n) is 1.79. The molecule has 6 heteroatoms. The minimum absolute atomic E-state index is 0.285. The Labute approximate surface area is 89.9 Å². The molecular formula is C9H13NO4S. The van der Waals surface area contributed by atoms with Gasteiger partial charge in [0.25, 0.3) is 0 Å². The summed E-state index contributed by atoms with van der Waals surface area (Å²) in [7, 11) is -0.836. The lowest BCUT2D eigenvalue weighted by Gasteiger charge is -2.28. The fourth-order valence-corrected chi connectivity index (χ4v) is 2.84. The molecule has 0 radical (unpaired) electrons. The van der Waals surface area contributed by atoms with E-state index < -0.39 is 22.2 Å². The molecule has 1 aliphatic heterocycles. The van der Waals surface area contributed by atoms with Gasteiger partial charge in [0.05, 0.1) is 0 Å². The molecule has 0 aromatic rings. The van der Waals surface area contributed by atoms with Crippen molar-refractivity contribution in [2.75, 3.05) is 24.6 Å². The summed E-state index contributed by atoms with van der Waals surface area (Å²) in [5, 5.41) is 8.95. The van der Waals surface area contributed by atoms with Gasteiger partial charge < -0.3 is 10.0 Å². The van der Waals surface area contributed by atoms with Gasteiger partial charge in [-0.05, 0) is 12.8 Å². The maximum Gasteiger partial charge on any atom is 0.319 e. The second-order valence-corrected chi connectivity index (χ2v) is 5.72. The number of hydrogen-bond donors (Lipinski definition) is 1. The zero-order valence-corrected chi connectivity index (χ0v) is 9.09. The van der Waals surface area contributed by atoms with E-state index in [1.807, 2.05) is 0 Å². The zero-order valence-electron chi connectivity index (χ0n) is 8.27. The summed E-state index contributed by atoms with van der Waals surface area (Å²) in [6, 6.07) is 0. The molecule has 0 atom stereocenters. The van der Waals surface area contributed by atoms with Crippen LogP contribution in [-0.2, 0) is 20.4 Å². The Balaban J connectivity index is 2.03. The standard InChI is InChI=1S/C9H13NO4S/c11-7(9(1-2-9)8(12)13)10-3-5-15(14)6-4-10/h1-6H2,(H,12,13). The van der Waals surface area contributed by atoms with E-state index in [-0.39, 0.29) is 5.91 Å². The maximum atomic E-state index is 11.9. The van der Waals surface area contributed by atoms with Gasteiger partial charge in [-0.2, -0.15) is 0 Å². The summed E-state index contributed by atoms with van der Waals surface area (Å²) in [6.45, 7) is 0.862. The third-order valence-electron chi connectivity index (χ3n) is 3.03. The van der Waals surface area contributed by atoms with Crippen LogP contribution in [-0.4, -0.2) is 50.7 Å². The van der Waals surface area contributed by atoms with E-state index >= 15 is 0 Å². The molecule has 2 rings (SSSR count). The van der Waals surface area contributed by atoms with Gasteiger partial charge >= 0.3 is 5.97 Å². The van der Waals surface area contributed by atoms with E-state index in [0.29, 0.717) is 37.4 Å². The van der Waals surface area contributed by atoms with E-state index in [1.165, 1.54) is 0 Å². The van der Waals surface area contributed by atoms with Gasteiger partial charge in [0.15, 0.2) is 0 Å². The van der Waals surface area contributed by atoms with E-state index in [1.54, 1.807) is 4.90 Å². The third-order valence-corrected chi connectivity index (χ3v) is 4.31. The molecule has 2 aliphatic rings. The van der Waals surface area contributed by atoms with Crippen LogP contribution in [0.5, 0.6) is 0 Å². The van der Waals surface area contributed by atoms with Crippen LogP contribution in [0.15, 0.2) is 0 Å². The molecule has 0 bridgehead atoms. The Kier molecular flexibility index (Phi) is 2.54. The van der Waals surface area contributed by atoms with Gasteiger partial charge in [0.1, 0.15) is 5.41 Å². The minimum Gasteiger partial charge on any atom is -0.480 e. The number of hydrogen-bond acceptors (Lipinski definition) is 3. The highest BCUT2D eigenvalue weighted by molar-refractivity contribution is 7.85. The van der Waals surface area contributed by atoms with Gasteiger partial charge in [-0.25, -0.2) is 0 Å². The number of carboxylic acid groups (broad SMARTS) is 1. The molecule has 1 heterocycles. The van der Waals surface area contributed by atoms with Gasteiger partial charge in [0, 0.05) is 35.4 Å². The van der Waals surface area contributed by atoms with Crippen molar-refractivity contribution in [2.45, 2.75) is 12.8 Å². The first-order chi connectivity index (χ1) is 7.06. The average Bonchev–Trinajstić information content (AvgIpc) is 2.98. The lowest BCUT2D eigenvalue weighted by molar-refractivity contribution is -0.153. The first-order valence-electron chi connectivity index (χ1n) is 4.94. The molecular weight excluding hydrogens is 218 g/mol. The number of rotatable bonds is 2. The second kappa shape index (κ2) is 3.59. The van der Waals surface area contributed by atoms with Crippen LogP contribution in [0, 0.1) is 5.41 Å². The van der Waals surface area contributed by atoms with Crippen molar-refractivity contribution in [3.8, 4) is 0 Å². The molecule has 1 N–H and O–H groups in total. The van der Waals surface area contributed by atoms with Crippen molar-refractivity contribution < 1.29 is 18.9 Å². The van der Waals surface area contributed by atoms with Crippen LogP contribution < -0.4 is 0 Å². The minimum atomic E-state index is -1.14. The molecule has 1 saturated heterocycles. The summed E-state index contributed by atoms with van der Waals surface area (Å²) < 4.78 is 11.1. The lowest BCUT2D eigenvalue weighted by atomic mass is 10.1. The number of amides is 1. The molecule has 0 spiro atoms. The second-order valence-electron chi connectivity index (χ2n) is 4.03. The maximum absolute atomic E-state index is 11.9. The quantitative estimate of drug-likeness (QED) is 0.647. The van der Waals surface area contributed by atoms with Crippen LogP contribution in [0.1, 0.15) is 12.8 Å². The number of nitrogens with zero attached hydrogens (tertiary/aromatic N) is 1. The Morgan fingerprint density at radius 3 is 2.13 bits per heavy atom. The highest BCUT2D eigenvalue weighted by Gasteiger charge is 2.58. The molecule has 0 aromatic carbocycles. The summed E-state index contributed by atoms with van der Waals surface area (Å²) >= 11 is 0. The molecule has 84 valence electrons. The van der Waals surface area contributed by atoms with Crippen molar-refractivity contribution in [2.24, 2.45) is 5.41 Å². The van der Waals surface area contributed by atoms with Gasteiger partial charge in [-0.15, -0.1) is 0 Å². The van der Waals surface area contributed by atoms with E-state index in [9.17, 15) is 13.8 Å². The van der Waals surface area contributed by atoms with Crippen molar-refractivity contribution >= 4 is 22.7 Å². The van der Waals surface area contributed by atoms with Crippen molar-refractivity contribution in [1.29, 1.82) is 0 Å². The van der Waals surface area contributed by atoms with Crippen molar-refractivity contribution in [3.63, 3.8) is 0 Å². The lowest BCUT2D eigenvalue weighted by Crippen LogP contribution is -2.47. The Bertz CT molecular complexity index is 327. The first-order valence-corrected chi connectivity index (χ1v) is 6.43. The van der Waals surface area contributed by atoms with Gasteiger partial charge in [-0.1, -0.05) is 0 Å². The van der Waals surface area contributed by atoms with Crippen LogP contribution >= 0.6 is 0 Å². The summed E-state index contributed by atoms with van der Waals surface area (Å²) in [4.78, 5) is 24.3. The van der Waals surface area contributed by atoms with Gasteiger partial charge in [-0.3, -0.25) is 13.8 Å². The summed E-state index contributed by atoms with van der Waals surface area (Å²) in [5.74, 6) is -0.353. The van der Waals surface area contributed by atoms with E-state index in [4.69, 9.17) is 5.11 Å². The number of carbonyl (C=O) groups is 2. The molecule has 1 saturated carbocycles. The predicted octanol–water partition coefficient (Wildman–Crippen LogP) is -0.558. The summed E-state index contributed by atoms with van der Waals surface area (Å²) in [5.41, 5.74) is -1.14. The Morgan fingerprint density at radius 2 is 1.73 bits per heavy atom. The molecule has 0 aromatic heterocycles. The predicted molar refractivity (Wildman–Crippen MR) is 53.8 cm³/mol. The van der Waals surface area contributed by atoms with Crippen LogP contribution in [0.2, 0.25) is 0 Å². The monoisotopic (exact) mass is 231 g/mol. The smallest absolute Gasteiger partial charge is 0.319 e. The van der Waals surface area contributed by atoms with Gasteiger partial charge in [0.2, 0.25) is 5.91 Å². The van der Waals surface area contributed by atoms with Crippen LogP contribution in [0.25, 0.3) is 0 Å². The molecule has 15 heavy (non-hydrogen) atoms. The summed E-state index contributed by atoms with van der Waals surface area (Å²) in [6.07, 6.45) is 0.890. The highest BCUT2D eigenvalue weighted by Crippen LogP contribution is 2.47. The van der Waals surface area contributed by atoms with E-state index in [0.717, 1.165) is 0 Å². The van der Waals surface area contributed by atoms with E-state index in [2.05, 4.69) is 0 Å². The average molecular weight is 231 g/mol. The molecule has 0 unspecified atom stereocenters. The van der Waals surface area contributed by atoms with Crippen LogP contribution in [0.4, 0.5) is 0 Å². The molecule has 1 amide bonds. The number of carboxylic acids is 1. The Morgan fingerprint density at radius 1 is 1.20 bits per heavy atom. The molecule has 5 nitrogen and oxygen atoms in total. The number of carbonyl (C=O) groups excluding carboxylic acids is 1. The van der Waals surface area contributed by atoms with Crippen molar-refractivity contribution in [1.82, 2.24) is 4.90 Å². The number of aliphatic carboxylic acids is 1. The highest BCUT2D eigenvalue weighted by atomic mass is 32.2. The normalized spacial score (nSPS) is 24.9. The topological polar surface area (TPSA) is 74.7 Å². The van der Waals surface area contributed by atoms with Crippen molar-refractivity contribution in [3.05, 3.63) is 0 Å². The largest absolute Gasteiger partial charge is 0.480 e. The first kappa shape index (κ1) is 10.6. The SMILES string of the molecule is O=C(O)C1(C(=O)N2CCS(=O)CC2)CC1. The third kappa shape index (κ3) is 1.78. The van der Waals surface area contributed by atoms with Crippen LogP contribution in [0.3, 0.4) is 0 Å². The zero-order chi connectivity index (χ0) is 11.1. The molecule has 2 fully saturated rings.